The summed E-state index contributed by atoms with van der Waals surface area (Å²) in [4.78, 5) is 29.0. The van der Waals surface area contributed by atoms with Gasteiger partial charge >= 0.3 is 0 Å². The molecule has 2 aliphatic heterocycles. The Hall–Kier alpha value is -1.14. The summed E-state index contributed by atoms with van der Waals surface area (Å²) >= 11 is 0. The van der Waals surface area contributed by atoms with Gasteiger partial charge in [0.2, 0.25) is 11.8 Å². The summed E-state index contributed by atoms with van der Waals surface area (Å²) in [6.45, 7) is 11.5. The lowest BCUT2D eigenvalue weighted by atomic mass is 9.92. The van der Waals surface area contributed by atoms with E-state index >= 15 is 0 Å². The number of carbonyl (C=O) groups is 2. The lowest BCUT2D eigenvalue weighted by molar-refractivity contribution is -0.123. The predicted octanol–water partition coefficient (Wildman–Crippen LogP) is 2.24. The SMILES string of the molecule is CC(C)NC(=O)CC1CCN(CC[C@H](C)NC(=O)CC2CCN(C)CC2)CC1. The minimum Gasteiger partial charge on any atom is -0.354 e. The second-order valence-corrected chi connectivity index (χ2v) is 9.42. The molecule has 0 aromatic heterocycles. The molecule has 28 heavy (non-hydrogen) atoms. The van der Waals surface area contributed by atoms with Gasteiger partial charge in [0.15, 0.2) is 0 Å². The molecule has 0 radical (unpaired) electrons. The molecule has 0 bridgehead atoms. The Morgan fingerprint density at radius 3 is 1.89 bits per heavy atom. The van der Waals surface area contributed by atoms with E-state index < -0.39 is 0 Å². The van der Waals surface area contributed by atoms with Crippen molar-refractivity contribution in [2.45, 2.75) is 77.8 Å². The van der Waals surface area contributed by atoms with E-state index in [4.69, 9.17) is 0 Å². The van der Waals surface area contributed by atoms with Crippen LogP contribution in [0.15, 0.2) is 0 Å². The summed E-state index contributed by atoms with van der Waals surface area (Å²) in [6, 6.07) is 0.456. The third-order valence-electron chi connectivity index (χ3n) is 6.23. The van der Waals surface area contributed by atoms with Gasteiger partial charge in [0.05, 0.1) is 0 Å². The fourth-order valence-electron chi connectivity index (χ4n) is 4.37. The summed E-state index contributed by atoms with van der Waals surface area (Å²) in [5, 5.41) is 6.19. The van der Waals surface area contributed by atoms with Crippen molar-refractivity contribution >= 4 is 11.8 Å². The molecule has 1 atom stereocenters. The van der Waals surface area contributed by atoms with Crippen molar-refractivity contribution in [3.8, 4) is 0 Å². The molecule has 2 fully saturated rings. The summed E-state index contributed by atoms with van der Waals surface area (Å²) in [5.74, 6) is 1.48. The first-order valence-corrected chi connectivity index (χ1v) is 11.3. The Kier molecular flexibility index (Phi) is 9.72. The largest absolute Gasteiger partial charge is 0.354 e. The first kappa shape index (κ1) is 23.1. The number of amides is 2. The standard InChI is InChI=1S/C22H42N4O2/c1-17(2)23-21(27)15-20-8-13-26(14-9-20)12-5-18(3)24-22(28)16-19-6-10-25(4)11-7-19/h17-20H,5-16H2,1-4H3,(H,23,27)(H,24,28)/t18-/m0/s1. The molecule has 2 amide bonds. The number of likely N-dealkylation sites (tertiary alicyclic amines) is 2. The van der Waals surface area contributed by atoms with Crippen LogP contribution in [-0.2, 0) is 9.59 Å². The highest BCUT2D eigenvalue weighted by atomic mass is 16.2. The Balaban J connectivity index is 1.56. The third kappa shape index (κ3) is 8.91. The molecule has 2 heterocycles. The van der Waals surface area contributed by atoms with Gasteiger partial charge in [-0.1, -0.05) is 0 Å². The number of rotatable bonds is 9. The van der Waals surface area contributed by atoms with E-state index in [1.165, 1.54) is 0 Å². The lowest BCUT2D eigenvalue weighted by Crippen LogP contribution is -2.41. The van der Waals surface area contributed by atoms with Crippen molar-refractivity contribution in [1.29, 1.82) is 0 Å². The van der Waals surface area contributed by atoms with Crippen molar-refractivity contribution in [3.63, 3.8) is 0 Å². The molecule has 162 valence electrons. The lowest BCUT2D eigenvalue weighted by Gasteiger charge is -2.32. The van der Waals surface area contributed by atoms with Crippen molar-refractivity contribution in [1.82, 2.24) is 20.4 Å². The molecule has 2 N–H and O–H groups in total. The highest BCUT2D eigenvalue weighted by Gasteiger charge is 2.23. The van der Waals surface area contributed by atoms with Crippen LogP contribution in [-0.4, -0.2) is 73.5 Å². The fourth-order valence-corrected chi connectivity index (χ4v) is 4.37. The summed E-state index contributed by atoms with van der Waals surface area (Å²) in [5.41, 5.74) is 0. The van der Waals surface area contributed by atoms with E-state index in [2.05, 4.69) is 34.4 Å². The zero-order valence-electron chi connectivity index (χ0n) is 18.5. The zero-order chi connectivity index (χ0) is 20.5. The van der Waals surface area contributed by atoms with Crippen molar-refractivity contribution in [2.75, 3.05) is 39.8 Å². The van der Waals surface area contributed by atoms with Gasteiger partial charge in [-0.15, -0.1) is 0 Å². The number of nitrogens with one attached hydrogen (secondary N) is 2. The Morgan fingerprint density at radius 1 is 0.857 bits per heavy atom. The summed E-state index contributed by atoms with van der Waals surface area (Å²) < 4.78 is 0. The molecule has 0 spiro atoms. The van der Waals surface area contributed by atoms with Gasteiger partial charge in [-0.3, -0.25) is 9.59 Å². The van der Waals surface area contributed by atoms with Crippen LogP contribution in [0, 0.1) is 11.8 Å². The smallest absolute Gasteiger partial charge is 0.220 e. The molecule has 6 nitrogen and oxygen atoms in total. The quantitative estimate of drug-likeness (QED) is 0.629. The monoisotopic (exact) mass is 394 g/mol. The maximum absolute atomic E-state index is 12.3. The van der Waals surface area contributed by atoms with Gasteiger partial charge in [-0.05, 0) is 97.9 Å². The minimum atomic E-state index is 0.189. The number of piperidine rings is 2. The average molecular weight is 395 g/mol. The Bertz CT molecular complexity index is 481. The van der Waals surface area contributed by atoms with Crippen LogP contribution in [0.4, 0.5) is 0 Å². The normalized spacial score (nSPS) is 21.6. The van der Waals surface area contributed by atoms with Crippen LogP contribution in [0.25, 0.3) is 0 Å². The number of hydrogen-bond acceptors (Lipinski definition) is 4. The molecule has 2 saturated heterocycles. The van der Waals surface area contributed by atoms with Crippen LogP contribution >= 0.6 is 0 Å². The number of carbonyl (C=O) groups excluding carboxylic acids is 2. The van der Waals surface area contributed by atoms with E-state index in [-0.39, 0.29) is 23.9 Å². The highest BCUT2D eigenvalue weighted by Crippen LogP contribution is 2.21. The summed E-state index contributed by atoms with van der Waals surface area (Å²) in [6.07, 6.45) is 6.82. The first-order chi connectivity index (χ1) is 13.3. The van der Waals surface area contributed by atoms with E-state index in [0.717, 1.165) is 64.8 Å². The molecule has 2 aliphatic rings. The highest BCUT2D eigenvalue weighted by molar-refractivity contribution is 5.76. The van der Waals surface area contributed by atoms with Crippen LogP contribution < -0.4 is 10.6 Å². The zero-order valence-corrected chi connectivity index (χ0v) is 18.5. The minimum absolute atomic E-state index is 0.189. The van der Waals surface area contributed by atoms with Crippen LogP contribution in [0.1, 0.15) is 65.7 Å². The third-order valence-corrected chi connectivity index (χ3v) is 6.23. The molecule has 0 aliphatic carbocycles. The van der Waals surface area contributed by atoms with Gasteiger partial charge in [0.1, 0.15) is 0 Å². The van der Waals surface area contributed by atoms with E-state index in [1.54, 1.807) is 0 Å². The average Bonchev–Trinajstić information content (AvgIpc) is 2.62. The number of nitrogens with zero attached hydrogens (tertiary/aromatic N) is 2. The van der Waals surface area contributed by atoms with Crippen LogP contribution in [0.5, 0.6) is 0 Å². The molecule has 2 rings (SSSR count). The molecule has 0 unspecified atom stereocenters. The van der Waals surface area contributed by atoms with E-state index in [1.807, 2.05) is 13.8 Å². The van der Waals surface area contributed by atoms with Gasteiger partial charge in [-0.25, -0.2) is 0 Å². The van der Waals surface area contributed by atoms with Gasteiger partial charge in [0.25, 0.3) is 0 Å². The second-order valence-electron chi connectivity index (χ2n) is 9.42. The first-order valence-electron chi connectivity index (χ1n) is 11.3. The second kappa shape index (κ2) is 11.8. The van der Waals surface area contributed by atoms with E-state index in [0.29, 0.717) is 24.7 Å². The fraction of sp³-hybridized carbons (Fsp3) is 0.909. The molecular formula is C22H42N4O2. The molecule has 6 heteroatoms. The molecular weight excluding hydrogens is 352 g/mol. The van der Waals surface area contributed by atoms with Crippen molar-refractivity contribution < 1.29 is 9.59 Å². The maximum atomic E-state index is 12.3. The Morgan fingerprint density at radius 2 is 1.36 bits per heavy atom. The number of hydrogen-bond donors (Lipinski definition) is 2. The molecule has 0 aromatic carbocycles. The van der Waals surface area contributed by atoms with E-state index in [9.17, 15) is 9.59 Å². The summed E-state index contributed by atoms with van der Waals surface area (Å²) in [7, 11) is 2.15. The predicted molar refractivity (Wildman–Crippen MR) is 114 cm³/mol. The molecule has 0 aromatic rings. The van der Waals surface area contributed by atoms with Crippen molar-refractivity contribution in [3.05, 3.63) is 0 Å². The van der Waals surface area contributed by atoms with Crippen LogP contribution in [0.2, 0.25) is 0 Å². The van der Waals surface area contributed by atoms with Crippen LogP contribution in [0.3, 0.4) is 0 Å². The molecule has 0 saturated carbocycles. The Labute approximate surface area is 171 Å². The maximum Gasteiger partial charge on any atom is 0.220 e. The van der Waals surface area contributed by atoms with Gasteiger partial charge in [-0.2, -0.15) is 0 Å². The van der Waals surface area contributed by atoms with Crippen molar-refractivity contribution in [2.24, 2.45) is 11.8 Å². The van der Waals surface area contributed by atoms with Gasteiger partial charge in [0, 0.05) is 31.5 Å². The topological polar surface area (TPSA) is 64.7 Å². The van der Waals surface area contributed by atoms with Gasteiger partial charge < -0.3 is 20.4 Å².